The fourth-order valence-corrected chi connectivity index (χ4v) is 3.75. The number of nitrogens with zero attached hydrogens (tertiary/aromatic N) is 2. The first-order valence-corrected chi connectivity index (χ1v) is 10.4. The number of carbonyl (C=O) groups excluding carboxylic acids is 2. The lowest BCUT2D eigenvalue weighted by Gasteiger charge is -2.43. The molecule has 2 atom stereocenters. The van der Waals surface area contributed by atoms with Crippen molar-refractivity contribution in [2.45, 2.75) is 32.0 Å². The lowest BCUT2D eigenvalue weighted by molar-refractivity contribution is -0.169. The molecule has 0 radical (unpaired) electrons. The molecule has 1 aliphatic rings. The normalized spacial score (nSPS) is 17.1. The standard InChI is InChI=1S/C23H25FN4O5/c1-2-11-27-19(33-15-9-7-14(8-10-15)21(25)26)13-28(23(32)22(27)31)18(12-20(29)30)16-5-3-4-6-17(16)24/h3-10,18-19H,2,11-13H2,1H3,(H3,25,26)(H,29,30). The molecule has 0 saturated carbocycles. The maximum absolute atomic E-state index is 14.5. The van der Waals surface area contributed by atoms with Crippen molar-refractivity contribution in [3.63, 3.8) is 0 Å². The third-order valence-corrected chi connectivity index (χ3v) is 5.32. The van der Waals surface area contributed by atoms with E-state index in [-0.39, 0.29) is 24.5 Å². The Hall–Kier alpha value is -3.95. The van der Waals surface area contributed by atoms with Gasteiger partial charge in [0.1, 0.15) is 17.4 Å². The van der Waals surface area contributed by atoms with Gasteiger partial charge < -0.3 is 20.5 Å². The maximum Gasteiger partial charge on any atom is 0.315 e. The van der Waals surface area contributed by atoms with Crippen LogP contribution in [0.4, 0.5) is 4.39 Å². The van der Waals surface area contributed by atoms with E-state index < -0.39 is 42.3 Å². The van der Waals surface area contributed by atoms with Crippen molar-refractivity contribution in [3.8, 4) is 5.75 Å². The molecule has 4 N–H and O–H groups in total. The largest absolute Gasteiger partial charge is 0.481 e. The zero-order valence-corrected chi connectivity index (χ0v) is 18.0. The predicted molar refractivity (Wildman–Crippen MR) is 117 cm³/mol. The number of amides is 2. The van der Waals surface area contributed by atoms with Crippen LogP contribution >= 0.6 is 0 Å². The van der Waals surface area contributed by atoms with E-state index in [1.807, 2.05) is 6.92 Å². The summed E-state index contributed by atoms with van der Waals surface area (Å²) in [6, 6.07) is 10.7. The van der Waals surface area contributed by atoms with Gasteiger partial charge in [0.2, 0.25) is 0 Å². The highest BCUT2D eigenvalue weighted by atomic mass is 19.1. The van der Waals surface area contributed by atoms with Crippen molar-refractivity contribution < 1.29 is 28.6 Å². The van der Waals surface area contributed by atoms with E-state index in [0.29, 0.717) is 17.7 Å². The van der Waals surface area contributed by atoms with Gasteiger partial charge in [-0.15, -0.1) is 0 Å². The van der Waals surface area contributed by atoms with E-state index in [9.17, 15) is 23.9 Å². The minimum absolute atomic E-state index is 0.00885. The maximum atomic E-state index is 14.5. The lowest BCUT2D eigenvalue weighted by Crippen LogP contribution is -2.62. The number of rotatable bonds is 9. The molecule has 10 heteroatoms. The van der Waals surface area contributed by atoms with Crippen LogP contribution in [0.1, 0.15) is 36.9 Å². The van der Waals surface area contributed by atoms with Gasteiger partial charge in [0, 0.05) is 17.7 Å². The Labute approximate surface area is 190 Å². The van der Waals surface area contributed by atoms with Crippen LogP contribution in [0.3, 0.4) is 0 Å². The fourth-order valence-electron chi connectivity index (χ4n) is 3.75. The predicted octanol–water partition coefficient (Wildman–Crippen LogP) is 2.11. The van der Waals surface area contributed by atoms with E-state index in [1.54, 1.807) is 24.3 Å². The Balaban J connectivity index is 1.95. The molecule has 2 amide bonds. The summed E-state index contributed by atoms with van der Waals surface area (Å²) in [6.45, 7) is 1.94. The van der Waals surface area contributed by atoms with Gasteiger partial charge in [-0.1, -0.05) is 25.1 Å². The van der Waals surface area contributed by atoms with Crippen LogP contribution in [-0.4, -0.2) is 57.8 Å². The van der Waals surface area contributed by atoms with Crippen LogP contribution in [0, 0.1) is 11.2 Å². The van der Waals surface area contributed by atoms with Crippen molar-refractivity contribution in [2.24, 2.45) is 5.73 Å². The first-order valence-electron chi connectivity index (χ1n) is 10.4. The quantitative estimate of drug-likeness (QED) is 0.300. The summed E-state index contributed by atoms with van der Waals surface area (Å²) < 4.78 is 20.5. The molecule has 0 bridgehead atoms. The summed E-state index contributed by atoms with van der Waals surface area (Å²) in [6.07, 6.45) is -0.927. The molecule has 0 aromatic heterocycles. The Morgan fingerprint density at radius 3 is 2.45 bits per heavy atom. The molecule has 33 heavy (non-hydrogen) atoms. The average Bonchev–Trinajstić information content (AvgIpc) is 2.78. The van der Waals surface area contributed by atoms with Gasteiger partial charge in [0.15, 0.2) is 6.23 Å². The summed E-state index contributed by atoms with van der Waals surface area (Å²) in [7, 11) is 0. The SMILES string of the molecule is CCCN1C(=O)C(=O)N(C(CC(=O)O)c2ccccc2F)CC1Oc1ccc(C(=N)N)cc1. The third kappa shape index (κ3) is 5.28. The van der Waals surface area contributed by atoms with Gasteiger partial charge in [-0.3, -0.25) is 24.7 Å². The first-order chi connectivity index (χ1) is 15.7. The molecule has 1 saturated heterocycles. The van der Waals surface area contributed by atoms with Gasteiger partial charge in [-0.25, -0.2) is 4.39 Å². The van der Waals surface area contributed by atoms with Crippen molar-refractivity contribution in [2.75, 3.05) is 13.1 Å². The summed E-state index contributed by atoms with van der Waals surface area (Å²) in [5.41, 5.74) is 5.97. The molecular formula is C23H25FN4O5. The van der Waals surface area contributed by atoms with E-state index in [1.165, 1.54) is 29.2 Å². The van der Waals surface area contributed by atoms with Crippen molar-refractivity contribution in [3.05, 3.63) is 65.5 Å². The number of ether oxygens (including phenoxy) is 1. The van der Waals surface area contributed by atoms with Crippen LogP contribution in [0.25, 0.3) is 0 Å². The number of halogens is 1. The number of nitrogen functional groups attached to an aromatic ring is 1. The fraction of sp³-hybridized carbons (Fsp3) is 0.304. The number of carboxylic acid groups (broad SMARTS) is 1. The molecular weight excluding hydrogens is 431 g/mol. The average molecular weight is 456 g/mol. The number of carbonyl (C=O) groups is 3. The number of aliphatic carboxylic acids is 1. The summed E-state index contributed by atoms with van der Waals surface area (Å²) in [5, 5.41) is 16.9. The molecule has 0 aliphatic carbocycles. The zero-order valence-electron chi connectivity index (χ0n) is 18.0. The molecule has 9 nitrogen and oxygen atoms in total. The molecule has 1 aliphatic heterocycles. The topological polar surface area (TPSA) is 137 Å². The van der Waals surface area contributed by atoms with Crippen LogP contribution in [0.5, 0.6) is 5.75 Å². The van der Waals surface area contributed by atoms with Crippen LogP contribution in [0.2, 0.25) is 0 Å². The number of carboxylic acids is 1. The second-order valence-electron chi connectivity index (χ2n) is 7.60. The number of hydrogen-bond donors (Lipinski definition) is 3. The Morgan fingerprint density at radius 2 is 1.88 bits per heavy atom. The molecule has 2 unspecified atom stereocenters. The molecule has 3 rings (SSSR count). The number of nitrogens with one attached hydrogen (secondary N) is 1. The first kappa shape index (κ1) is 23.7. The summed E-state index contributed by atoms with van der Waals surface area (Å²) >= 11 is 0. The number of amidine groups is 1. The van der Waals surface area contributed by atoms with Crippen LogP contribution < -0.4 is 10.5 Å². The Kier molecular flexibility index (Phi) is 7.27. The summed E-state index contributed by atoms with van der Waals surface area (Å²) in [5.74, 6) is -3.41. The molecule has 2 aromatic rings. The van der Waals surface area contributed by atoms with Gasteiger partial charge in [-0.05, 0) is 36.8 Å². The van der Waals surface area contributed by atoms with E-state index in [4.69, 9.17) is 15.9 Å². The lowest BCUT2D eigenvalue weighted by atomic mass is 9.99. The van der Waals surface area contributed by atoms with E-state index in [2.05, 4.69) is 0 Å². The number of nitrogens with two attached hydrogens (primary N) is 1. The zero-order chi connectivity index (χ0) is 24.1. The van der Waals surface area contributed by atoms with Gasteiger partial charge >= 0.3 is 17.8 Å². The Morgan fingerprint density at radius 1 is 1.21 bits per heavy atom. The van der Waals surface area contributed by atoms with E-state index >= 15 is 0 Å². The highest BCUT2D eigenvalue weighted by Gasteiger charge is 2.44. The van der Waals surface area contributed by atoms with Crippen molar-refractivity contribution in [1.29, 1.82) is 5.41 Å². The third-order valence-electron chi connectivity index (χ3n) is 5.32. The number of hydrogen-bond acceptors (Lipinski definition) is 5. The smallest absolute Gasteiger partial charge is 0.315 e. The second kappa shape index (κ2) is 10.1. The van der Waals surface area contributed by atoms with E-state index in [0.717, 1.165) is 4.90 Å². The molecule has 1 heterocycles. The molecule has 174 valence electrons. The minimum Gasteiger partial charge on any atom is -0.481 e. The van der Waals surface area contributed by atoms with Crippen LogP contribution in [-0.2, 0) is 14.4 Å². The molecule has 2 aromatic carbocycles. The van der Waals surface area contributed by atoms with Gasteiger partial charge in [-0.2, -0.15) is 0 Å². The molecule has 1 fully saturated rings. The highest BCUT2D eigenvalue weighted by molar-refractivity contribution is 6.35. The van der Waals surface area contributed by atoms with Gasteiger partial charge in [0.05, 0.1) is 19.0 Å². The highest BCUT2D eigenvalue weighted by Crippen LogP contribution is 2.31. The monoisotopic (exact) mass is 456 g/mol. The molecule has 0 spiro atoms. The van der Waals surface area contributed by atoms with Crippen LogP contribution in [0.15, 0.2) is 48.5 Å². The number of benzene rings is 2. The van der Waals surface area contributed by atoms with Crippen molar-refractivity contribution >= 4 is 23.6 Å². The van der Waals surface area contributed by atoms with Crippen molar-refractivity contribution in [1.82, 2.24) is 9.80 Å². The Bertz CT molecular complexity index is 1060. The minimum atomic E-state index is -1.24. The second-order valence-corrected chi connectivity index (χ2v) is 7.60. The summed E-state index contributed by atoms with van der Waals surface area (Å²) in [4.78, 5) is 39.8. The van der Waals surface area contributed by atoms with Gasteiger partial charge in [0.25, 0.3) is 0 Å². The number of piperazine rings is 1.